The number of carbonyl (C=O) groups excluding carboxylic acids is 1. The van der Waals surface area contributed by atoms with Crippen LogP contribution in [0.25, 0.3) is 0 Å². The molecule has 5 atom stereocenters. The summed E-state index contributed by atoms with van der Waals surface area (Å²) in [6.07, 6.45) is 2.99. The molecular formula is C15H24O4. The smallest absolute Gasteiger partial charge is 0.184 e. The summed E-state index contributed by atoms with van der Waals surface area (Å²) >= 11 is 0. The van der Waals surface area contributed by atoms with E-state index in [1.165, 1.54) is 0 Å². The Morgan fingerprint density at radius 1 is 1.53 bits per heavy atom. The molecule has 108 valence electrons. The zero-order valence-corrected chi connectivity index (χ0v) is 11.9. The fourth-order valence-electron chi connectivity index (χ4n) is 3.86. The first kappa shape index (κ1) is 14.7. The first-order chi connectivity index (χ1) is 8.74. The van der Waals surface area contributed by atoms with Crippen LogP contribution in [0, 0.1) is 17.3 Å². The van der Waals surface area contributed by atoms with Gasteiger partial charge in [-0.15, -0.1) is 0 Å². The van der Waals surface area contributed by atoms with Crippen LogP contribution in [0.2, 0.25) is 0 Å². The minimum atomic E-state index is -1.09. The molecule has 0 bridgehead atoms. The van der Waals surface area contributed by atoms with E-state index in [1.54, 1.807) is 13.0 Å². The van der Waals surface area contributed by atoms with Crippen LogP contribution in [0.3, 0.4) is 0 Å². The summed E-state index contributed by atoms with van der Waals surface area (Å²) in [5.41, 5.74) is -0.292. The van der Waals surface area contributed by atoms with Gasteiger partial charge in [-0.1, -0.05) is 12.5 Å². The van der Waals surface area contributed by atoms with Crippen molar-refractivity contribution in [1.82, 2.24) is 0 Å². The Hall–Kier alpha value is -0.710. The highest BCUT2D eigenvalue weighted by atomic mass is 16.3. The van der Waals surface area contributed by atoms with Gasteiger partial charge in [0.25, 0.3) is 0 Å². The van der Waals surface area contributed by atoms with Crippen LogP contribution in [0.1, 0.15) is 40.0 Å². The van der Waals surface area contributed by atoms with Crippen LogP contribution in [0.5, 0.6) is 0 Å². The topological polar surface area (TPSA) is 77.8 Å². The van der Waals surface area contributed by atoms with Crippen molar-refractivity contribution in [2.24, 2.45) is 17.3 Å². The first-order valence-corrected chi connectivity index (χ1v) is 6.98. The molecule has 3 N–H and O–H groups in total. The standard InChI is InChI=1S/C15H24O4/c1-9-6-12(17)13(18)10(2)15(9)5-4-11(7-15)14(3,19)8-16/h6,10-11,13,16,18-19H,4-5,7-8H2,1-3H3/t10-,11+,13-,14+,15-/m1/s1. The van der Waals surface area contributed by atoms with Gasteiger partial charge < -0.3 is 15.3 Å². The van der Waals surface area contributed by atoms with Gasteiger partial charge in [-0.25, -0.2) is 0 Å². The lowest BCUT2D eigenvalue weighted by Gasteiger charge is -2.43. The predicted octanol–water partition coefficient (Wildman–Crippen LogP) is 1.04. The lowest BCUT2D eigenvalue weighted by Crippen LogP contribution is -2.45. The Kier molecular flexibility index (Phi) is 3.62. The van der Waals surface area contributed by atoms with E-state index >= 15 is 0 Å². The number of hydrogen-bond donors (Lipinski definition) is 3. The molecule has 19 heavy (non-hydrogen) atoms. The Balaban J connectivity index is 2.30. The van der Waals surface area contributed by atoms with Crippen LogP contribution >= 0.6 is 0 Å². The molecule has 2 aliphatic carbocycles. The molecule has 4 heteroatoms. The molecule has 0 saturated heterocycles. The van der Waals surface area contributed by atoms with E-state index < -0.39 is 11.7 Å². The molecule has 1 saturated carbocycles. The Labute approximate surface area is 114 Å². The van der Waals surface area contributed by atoms with Crippen molar-refractivity contribution in [3.05, 3.63) is 11.6 Å². The summed E-state index contributed by atoms with van der Waals surface area (Å²) in [4.78, 5) is 11.7. The maximum atomic E-state index is 11.7. The molecular weight excluding hydrogens is 244 g/mol. The molecule has 0 radical (unpaired) electrons. The number of hydrogen-bond acceptors (Lipinski definition) is 4. The fraction of sp³-hybridized carbons (Fsp3) is 0.800. The predicted molar refractivity (Wildman–Crippen MR) is 71.4 cm³/mol. The van der Waals surface area contributed by atoms with E-state index in [2.05, 4.69) is 0 Å². The van der Waals surface area contributed by atoms with E-state index in [9.17, 15) is 20.1 Å². The third kappa shape index (κ3) is 2.16. The van der Waals surface area contributed by atoms with E-state index in [4.69, 9.17) is 0 Å². The van der Waals surface area contributed by atoms with E-state index in [1.807, 2.05) is 13.8 Å². The number of aliphatic hydroxyl groups excluding tert-OH is 2. The average Bonchev–Trinajstić information content (AvgIpc) is 2.82. The molecule has 4 nitrogen and oxygen atoms in total. The zero-order valence-electron chi connectivity index (χ0n) is 11.9. The van der Waals surface area contributed by atoms with Gasteiger partial charge in [0.05, 0.1) is 12.2 Å². The van der Waals surface area contributed by atoms with Gasteiger partial charge in [-0.2, -0.15) is 0 Å². The highest BCUT2D eigenvalue weighted by Gasteiger charge is 2.53. The monoisotopic (exact) mass is 268 g/mol. The molecule has 0 aromatic carbocycles. The lowest BCUT2D eigenvalue weighted by molar-refractivity contribution is -0.128. The summed E-state index contributed by atoms with van der Waals surface area (Å²) in [7, 11) is 0. The molecule has 0 aliphatic heterocycles. The van der Waals surface area contributed by atoms with E-state index in [-0.39, 0.29) is 29.6 Å². The maximum Gasteiger partial charge on any atom is 0.184 e. The zero-order chi connectivity index (χ0) is 14.4. The van der Waals surface area contributed by atoms with Gasteiger partial charge >= 0.3 is 0 Å². The van der Waals surface area contributed by atoms with Gasteiger partial charge in [-0.3, -0.25) is 4.79 Å². The first-order valence-electron chi connectivity index (χ1n) is 6.98. The third-order valence-electron chi connectivity index (χ3n) is 5.53. The second-order valence-corrected chi connectivity index (χ2v) is 6.57. The van der Waals surface area contributed by atoms with Gasteiger partial charge in [0.1, 0.15) is 6.10 Å². The van der Waals surface area contributed by atoms with Crippen molar-refractivity contribution in [3.63, 3.8) is 0 Å². The Morgan fingerprint density at radius 2 is 2.16 bits per heavy atom. The molecule has 0 amide bonds. The molecule has 2 aliphatic rings. The molecule has 2 rings (SSSR count). The number of rotatable bonds is 2. The van der Waals surface area contributed by atoms with Gasteiger partial charge in [0.2, 0.25) is 0 Å². The van der Waals surface area contributed by atoms with Crippen LogP contribution in [0.15, 0.2) is 11.6 Å². The van der Waals surface area contributed by atoms with Crippen molar-refractivity contribution in [1.29, 1.82) is 0 Å². The van der Waals surface area contributed by atoms with Gasteiger partial charge in [0.15, 0.2) is 5.78 Å². The highest BCUT2D eigenvalue weighted by molar-refractivity contribution is 5.95. The lowest BCUT2D eigenvalue weighted by atomic mass is 9.63. The van der Waals surface area contributed by atoms with Gasteiger partial charge in [0, 0.05) is 0 Å². The summed E-state index contributed by atoms with van der Waals surface area (Å²) in [6.45, 7) is 5.25. The Morgan fingerprint density at radius 3 is 2.74 bits per heavy atom. The third-order valence-corrected chi connectivity index (χ3v) is 5.53. The number of carbonyl (C=O) groups is 1. The Bertz CT molecular complexity index is 412. The van der Waals surface area contributed by atoms with Crippen molar-refractivity contribution in [3.8, 4) is 0 Å². The van der Waals surface area contributed by atoms with Crippen molar-refractivity contribution < 1.29 is 20.1 Å². The quantitative estimate of drug-likeness (QED) is 0.699. The normalized spacial score (nSPS) is 42.3. The summed E-state index contributed by atoms with van der Waals surface area (Å²) in [5.74, 6) is -0.346. The maximum absolute atomic E-state index is 11.7. The van der Waals surface area contributed by atoms with Crippen LogP contribution < -0.4 is 0 Å². The van der Waals surface area contributed by atoms with E-state index in [0.717, 1.165) is 18.4 Å². The minimum Gasteiger partial charge on any atom is -0.393 e. The summed E-state index contributed by atoms with van der Waals surface area (Å²) in [6, 6.07) is 0. The summed E-state index contributed by atoms with van der Waals surface area (Å²) in [5, 5.41) is 29.6. The second kappa shape index (κ2) is 4.69. The number of allylic oxidation sites excluding steroid dienone is 1. The summed E-state index contributed by atoms with van der Waals surface area (Å²) < 4.78 is 0. The number of aliphatic hydroxyl groups is 3. The van der Waals surface area contributed by atoms with Crippen molar-refractivity contribution in [2.45, 2.75) is 51.7 Å². The van der Waals surface area contributed by atoms with Crippen LogP contribution in [0.4, 0.5) is 0 Å². The molecule has 0 aromatic rings. The number of ketones is 1. The van der Waals surface area contributed by atoms with Crippen LogP contribution in [-0.2, 0) is 4.79 Å². The van der Waals surface area contributed by atoms with Crippen molar-refractivity contribution in [2.75, 3.05) is 6.61 Å². The second-order valence-electron chi connectivity index (χ2n) is 6.57. The van der Waals surface area contributed by atoms with Crippen molar-refractivity contribution >= 4 is 5.78 Å². The fourth-order valence-corrected chi connectivity index (χ4v) is 3.86. The van der Waals surface area contributed by atoms with E-state index in [0.29, 0.717) is 6.42 Å². The molecule has 0 aromatic heterocycles. The molecule has 0 unspecified atom stereocenters. The molecule has 1 spiro atoms. The minimum absolute atomic E-state index is 0.00343. The van der Waals surface area contributed by atoms with Gasteiger partial charge in [-0.05, 0) is 56.4 Å². The highest BCUT2D eigenvalue weighted by Crippen LogP contribution is 2.56. The average molecular weight is 268 g/mol. The molecule has 0 heterocycles. The molecule has 1 fully saturated rings. The largest absolute Gasteiger partial charge is 0.393 e. The SMILES string of the molecule is CC1=CC(=O)[C@H](O)[C@@H](C)[C@@]12CC[C@H]([C@@](C)(O)CO)C2. The van der Waals surface area contributed by atoms with Crippen LogP contribution in [-0.4, -0.2) is 39.4 Å².